The predicted molar refractivity (Wildman–Crippen MR) is 98.9 cm³/mol. The molecule has 0 aliphatic carbocycles. The van der Waals surface area contributed by atoms with Crippen molar-refractivity contribution in [2.24, 2.45) is 0 Å². The lowest BCUT2D eigenvalue weighted by Crippen LogP contribution is -2.30. The number of benzene rings is 2. The van der Waals surface area contributed by atoms with Crippen molar-refractivity contribution in [3.63, 3.8) is 0 Å². The summed E-state index contributed by atoms with van der Waals surface area (Å²) in [5.41, 5.74) is 0.588. The van der Waals surface area contributed by atoms with Crippen molar-refractivity contribution < 1.29 is 23.5 Å². The maximum absolute atomic E-state index is 12.8. The molecule has 0 radical (unpaired) electrons. The molecule has 0 aromatic heterocycles. The van der Waals surface area contributed by atoms with Gasteiger partial charge in [0, 0.05) is 16.3 Å². The van der Waals surface area contributed by atoms with Crippen LogP contribution in [0.2, 0.25) is 0 Å². The van der Waals surface area contributed by atoms with Crippen molar-refractivity contribution in [2.45, 2.75) is 24.3 Å². The number of methoxy groups -OCH3 is 1. The molecule has 0 saturated carbocycles. The molecule has 1 atom stereocenters. The molecule has 2 rings (SSSR count). The Morgan fingerprint density at radius 3 is 2.38 bits per heavy atom. The van der Waals surface area contributed by atoms with Gasteiger partial charge in [-0.15, -0.1) is 11.8 Å². The Morgan fingerprint density at radius 2 is 1.77 bits per heavy atom. The summed E-state index contributed by atoms with van der Waals surface area (Å²) in [5.74, 6) is -0.00428. The standard InChI is InChI=1S/C19H20FNO4S/c1-13(19(23)21-15-5-7-16(24-2)8-6-15)25-18(22)11-12-26-17-9-3-14(20)4-10-17/h3-10,13H,11-12H2,1-2H3,(H,21,23)/t13-/m1/s1. The zero-order valence-corrected chi connectivity index (χ0v) is 15.3. The molecule has 0 saturated heterocycles. The number of amides is 1. The van der Waals surface area contributed by atoms with Gasteiger partial charge in [-0.3, -0.25) is 9.59 Å². The number of anilines is 1. The minimum atomic E-state index is -0.902. The van der Waals surface area contributed by atoms with Gasteiger partial charge in [0.2, 0.25) is 0 Å². The van der Waals surface area contributed by atoms with Gasteiger partial charge in [0.15, 0.2) is 6.10 Å². The van der Waals surface area contributed by atoms with E-state index in [0.29, 0.717) is 17.2 Å². The molecule has 0 aliphatic heterocycles. The van der Waals surface area contributed by atoms with Crippen molar-refractivity contribution >= 4 is 29.3 Å². The normalized spacial score (nSPS) is 11.5. The first kappa shape index (κ1) is 19.8. The lowest BCUT2D eigenvalue weighted by atomic mass is 10.3. The fourth-order valence-corrected chi connectivity index (χ4v) is 2.84. The summed E-state index contributed by atoms with van der Waals surface area (Å²) in [6.07, 6.45) is -0.747. The molecule has 1 amide bonds. The molecule has 0 unspecified atom stereocenters. The molecular formula is C19H20FNO4S. The highest BCUT2D eigenvalue weighted by Crippen LogP contribution is 2.19. The van der Waals surface area contributed by atoms with Crippen molar-refractivity contribution in [1.29, 1.82) is 0 Å². The topological polar surface area (TPSA) is 64.6 Å². The lowest BCUT2D eigenvalue weighted by Gasteiger charge is -2.13. The number of carbonyl (C=O) groups is 2. The number of hydrogen-bond donors (Lipinski definition) is 1. The van der Waals surface area contributed by atoms with E-state index in [2.05, 4.69) is 5.32 Å². The molecule has 138 valence electrons. The molecule has 1 N–H and O–H groups in total. The molecule has 26 heavy (non-hydrogen) atoms. The van der Waals surface area contributed by atoms with E-state index in [1.54, 1.807) is 43.5 Å². The summed E-state index contributed by atoms with van der Waals surface area (Å²) in [7, 11) is 1.56. The van der Waals surface area contributed by atoms with Crippen LogP contribution in [-0.2, 0) is 14.3 Å². The smallest absolute Gasteiger partial charge is 0.307 e. The zero-order chi connectivity index (χ0) is 18.9. The second kappa shape index (κ2) is 9.82. The number of rotatable bonds is 8. The van der Waals surface area contributed by atoms with Crippen LogP contribution >= 0.6 is 11.8 Å². The number of esters is 1. The van der Waals surface area contributed by atoms with E-state index >= 15 is 0 Å². The summed E-state index contributed by atoms with van der Waals surface area (Å²) in [5, 5.41) is 2.67. The van der Waals surface area contributed by atoms with E-state index in [1.807, 2.05) is 0 Å². The Hall–Kier alpha value is -2.54. The second-order valence-electron chi connectivity index (χ2n) is 5.40. The maximum Gasteiger partial charge on any atom is 0.307 e. The Labute approximate surface area is 155 Å². The van der Waals surface area contributed by atoms with Crippen LogP contribution in [0.1, 0.15) is 13.3 Å². The van der Waals surface area contributed by atoms with Gasteiger partial charge in [-0.25, -0.2) is 4.39 Å². The fraction of sp³-hybridized carbons (Fsp3) is 0.263. The van der Waals surface area contributed by atoms with E-state index in [1.165, 1.54) is 30.8 Å². The number of thioether (sulfide) groups is 1. The van der Waals surface area contributed by atoms with Gasteiger partial charge >= 0.3 is 5.97 Å². The Balaban J connectivity index is 1.72. The third kappa shape index (κ3) is 6.40. The molecular weight excluding hydrogens is 357 g/mol. The van der Waals surface area contributed by atoms with Crippen molar-refractivity contribution in [3.05, 3.63) is 54.3 Å². The van der Waals surface area contributed by atoms with E-state index in [4.69, 9.17) is 9.47 Å². The highest BCUT2D eigenvalue weighted by molar-refractivity contribution is 7.99. The molecule has 2 aromatic rings. The summed E-state index contributed by atoms with van der Waals surface area (Å²) in [6, 6.07) is 12.9. The molecule has 2 aromatic carbocycles. The summed E-state index contributed by atoms with van der Waals surface area (Å²) >= 11 is 1.42. The van der Waals surface area contributed by atoms with Gasteiger partial charge in [-0.2, -0.15) is 0 Å². The van der Waals surface area contributed by atoms with Crippen LogP contribution in [0.5, 0.6) is 5.75 Å². The third-order valence-corrected chi connectivity index (χ3v) is 4.44. The molecule has 0 spiro atoms. The van der Waals surface area contributed by atoms with Crippen molar-refractivity contribution in [1.82, 2.24) is 0 Å². The first-order chi connectivity index (χ1) is 12.5. The second-order valence-corrected chi connectivity index (χ2v) is 6.57. The molecule has 0 fully saturated rings. The minimum Gasteiger partial charge on any atom is -0.497 e. The van der Waals surface area contributed by atoms with Crippen LogP contribution in [0.25, 0.3) is 0 Å². The third-order valence-electron chi connectivity index (χ3n) is 3.42. The summed E-state index contributed by atoms with van der Waals surface area (Å²) < 4.78 is 23.0. The lowest BCUT2D eigenvalue weighted by molar-refractivity contribution is -0.152. The molecule has 0 aliphatic rings. The summed E-state index contributed by atoms with van der Waals surface area (Å²) in [4.78, 5) is 24.8. The molecule has 0 bridgehead atoms. The first-order valence-corrected chi connectivity index (χ1v) is 8.99. The van der Waals surface area contributed by atoms with Crippen molar-refractivity contribution in [3.8, 4) is 5.75 Å². The van der Waals surface area contributed by atoms with Gasteiger partial charge in [0.1, 0.15) is 11.6 Å². The predicted octanol–water partition coefficient (Wildman–Crippen LogP) is 3.89. The van der Waals surface area contributed by atoms with E-state index < -0.39 is 18.0 Å². The number of ether oxygens (including phenoxy) is 2. The number of nitrogens with one attached hydrogen (secondary N) is 1. The van der Waals surface area contributed by atoms with Gasteiger partial charge in [0.25, 0.3) is 5.91 Å². The SMILES string of the molecule is COc1ccc(NC(=O)[C@@H](C)OC(=O)CCSc2ccc(F)cc2)cc1. The van der Waals surface area contributed by atoms with Crippen molar-refractivity contribution in [2.75, 3.05) is 18.2 Å². The van der Waals surface area contributed by atoms with E-state index in [0.717, 1.165) is 4.90 Å². The average Bonchev–Trinajstić information content (AvgIpc) is 2.64. The van der Waals surface area contributed by atoms with Crippen LogP contribution in [-0.4, -0.2) is 30.8 Å². The maximum atomic E-state index is 12.8. The van der Waals surface area contributed by atoms with E-state index in [-0.39, 0.29) is 12.2 Å². The van der Waals surface area contributed by atoms with Crippen LogP contribution in [0.3, 0.4) is 0 Å². The van der Waals surface area contributed by atoms with Gasteiger partial charge in [-0.1, -0.05) is 0 Å². The quantitative estimate of drug-likeness (QED) is 0.559. The zero-order valence-electron chi connectivity index (χ0n) is 14.5. The van der Waals surface area contributed by atoms with Gasteiger partial charge < -0.3 is 14.8 Å². The first-order valence-electron chi connectivity index (χ1n) is 8.00. The fourth-order valence-electron chi connectivity index (χ4n) is 2.01. The van der Waals surface area contributed by atoms with Crippen LogP contribution in [0.4, 0.5) is 10.1 Å². The Morgan fingerprint density at radius 1 is 1.12 bits per heavy atom. The van der Waals surface area contributed by atoms with Crippen LogP contribution in [0.15, 0.2) is 53.4 Å². The van der Waals surface area contributed by atoms with Crippen LogP contribution < -0.4 is 10.1 Å². The monoisotopic (exact) mass is 377 g/mol. The van der Waals surface area contributed by atoms with E-state index in [9.17, 15) is 14.0 Å². The summed E-state index contributed by atoms with van der Waals surface area (Å²) in [6.45, 7) is 1.52. The molecule has 7 heteroatoms. The largest absolute Gasteiger partial charge is 0.497 e. The molecule has 0 heterocycles. The number of carbonyl (C=O) groups excluding carboxylic acids is 2. The minimum absolute atomic E-state index is 0.155. The Kier molecular flexibility index (Phi) is 7.47. The van der Waals surface area contributed by atoms with Gasteiger partial charge in [-0.05, 0) is 55.5 Å². The number of halogens is 1. The number of hydrogen-bond acceptors (Lipinski definition) is 5. The Bertz CT molecular complexity index is 734. The van der Waals surface area contributed by atoms with Gasteiger partial charge in [0.05, 0.1) is 13.5 Å². The molecule has 5 nitrogen and oxygen atoms in total. The highest BCUT2D eigenvalue weighted by atomic mass is 32.2. The highest BCUT2D eigenvalue weighted by Gasteiger charge is 2.17. The van der Waals surface area contributed by atoms with Crippen LogP contribution in [0, 0.1) is 5.82 Å². The average molecular weight is 377 g/mol.